The number of anilines is 2. The lowest BCUT2D eigenvalue weighted by Crippen LogP contribution is -2.02. The summed E-state index contributed by atoms with van der Waals surface area (Å²) in [6.07, 6.45) is 11.7. The maximum Gasteiger partial charge on any atom is 0.213 e. The van der Waals surface area contributed by atoms with E-state index in [1.54, 1.807) is 12.4 Å². The molecule has 1 fully saturated rings. The molecule has 3 aromatic rings. The van der Waals surface area contributed by atoms with Crippen molar-refractivity contribution in [1.29, 1.82) is 0 Å². The van der Waals surface area contributed by atoms with Gasteiger partial charge in [-0.05, 0) is 42.7 Å². The highest BCUT2D eigenvalue weighted by Gasteiger charge is 2.15. The molecule has 160 valence electrons. The van der Waals surface area contributed by atoms with Gasteiger partial charge in [0.15, 0.2) is 5.78 Å². The van der Waals surface area contributed by atoms with Gasteiger partial charge in [0.25, 0.3) is 0 Å². The van der Waals surface area contributed by atoms with Crippen LogP contribution >= 0.6 is 0 Å². The molecule has 2 heterocycles. The Balaban J connectivity index is 1.28. The van der Waals surface area contributed by atoms with Crippen LogP contribution in [0.5, 0.6) is 5.88 Å². The van der Waals surface area contributed by atoms with Crippen molar-refractivity contribution in [1.82, 2.24) is 9.97 Å². The second-order valence-corrected chi connectivity index (χ2v) is 8.17. The molecular formula is C26H29N3O2. The standard InChI is InChI=1S/C26H29N3O2/c30-25(13-5-9-20-7-1-2-8-20)21-10-6-12-22(17-21)29-23-14-15-26(28-18-23)31-19-24-11-3-4-16-27-24/h3-4,6,10-12,14-18,20,29H,1-2,5,7-9,13,19H2. The van der Waals surface area contributed by atoms with Crippen LogP contribution in [-0.4, -0.2) is 15.8 Å². The van der Waals surface area contributed by atoms with Crippen LogP contribution in [0.1, 0.15) is 61.0 Å². The zero-order chi connectivity index (χ0) is 21.3. The zero-order valence-electron chi connectivity index (χ0n) is 17.8. The molecular weight excluding hydrogens is 386 g/mol. The first-order chi connectivity index (χ1) is 15.3. The molecule has 0 unspecified atom stereocenters. The van der Waals surface area contributed by atoms with Crippen molar-refractivity contribution < 1.29 is 9.53 Å². The van der Waals surface area contributed by atoms with Crippen LogP contribution in [0.3, 0.4) is 0 Å². The van der Waals surface area contributed by atoms with Gasteiger partial charge in [-0.15, -0.1) is 0 Å². The minimum Gasteiger partial charge on any atom is -0.471 e. The van der Waals surface area contributed by atoms with Crippen LogP contribution in [0.25, 0.3) is 0 Å². The second-order valence-electron chi connectivity index (χ2n) is 8.17. The number of aromatic nitrogens is 2. The van der Waals surface area contributed by atoms with E-state index in [-0.39, 0.29) is 5.78 Å². The number of nitrogens with zero attached hydrogens (tertiary/aromatic N) is 2. The Bertz CT molecular complexity index is 967. The van der Waals surface area contributed by atoms with E-state index in [9.17, 15) is 4.79 Å². The molecule has 31 heavy (non-hydrogen) atoms. The first-order valence-corrected chi connectivity index (χ1v) is 11.2. The molecule has 2 aromatic heterocycles. The monoisotopic (exact) mass is 415 g/mol. The van der Waals surface area contributed by atoms with Gasteiger partial charge < -0.3 is 10.1 Å². The maximum absolute atomic E-state index is 12.6. The average Bonchev–Trinajstić information content (AvgIpc) is 3.33. The van der Waals surface area contributed by atoms with E-state index < -0.39 is 0 Å². The molecule has 1 aliphatic carbocycles. The van der Waals surface area contributed by atoms with Gasteiger partial charge in [0.2, 0.25) is 5.88 Å². The molecule has 1 aliphatic rings. The Morgan fingerprint density at radius 2 is 1.90 bits per heavy atom. The first-order valence-electron chi connectivity index (χ1n) is 11.2. The van der Waals surface area contributed by atoms with Crippen molar-refractivity contribution in [2.24, 2.45) is 5.92 Å². The van der Waals surface area contributed by atoms with Crippen LogP contribution in [-0.2, 0) is 6.61 Å². The molecule has 5 heteroatoms. The van der Waals surface area contributed by atoms with Crippen molar-refractivity contribution in [3.05, 3.63) is 78.2 Å². The maximum atomic E-state index is 12.6. The number of hydrogen-bond acceptors (Lipinski definition) is 5. The lowest BCUT2D eigenvalue weighted by molar-refractivity contribution is 0.0977. The highest BCUT2D eigenvalue weighted by molar-refractivity contribution is 5.97. The normalized spacial score (nSPS) is 13.8. The number of benzene rings is 1. The Morgan fingerprint density at radius 1 is 1.00 bits per heavy atom. The largest absolute Gasteiger partial charge is 0.471 e. The third-order valence-corrected chi connectivity index (χ3v) is 5.79. The van der Waals surface area contributed by atoms with Gasteiger partial charge in [-0.2, -0.15) is 0 Å². The Morgan fingerprint density at radius 3 is 2.68 bits per heavy atom. The fraction of sp³-hybridized carbons (Fsp3) is 0.346. The van der Waals surface area contributed by atoms with Crippen LogP contribution < -0.4 is 10.1 Å². The molecule has 1 N–H and O–H groups in total. The summed E-state index contributed by atoms with van der Waals surface area (Å²) in [5, 5.41) is 3.32. The summed E-state index contributed by atoms with van der Waals surface area (Å²) in [5.41, 5.74) is 3.34. The van der Waals surface area contributed by atoms with E-state index in [0.29, 0.717) is 18.9 Å². The summed E-state index contributed by atoms with van der Waals surface area (Å²) in [7, 11) is 0. The molecule has 0 bridgehead atoms. The molecule has 0 atom stereocenters. The van der Waals surface area contributed by atoms with Gasteiger partial charge in [-0.25, -0.2) is 4.98 Å². The molecule has 0 aliphatic heterocycles. The minimum atomic E-state index is 0.220. The Hall–Kier alpha value is -3.21. The molecule has 0 spiro atoms. The topological polar surface area (TPSA) is 64.1 Å². The first kappa shape index (κ1) is 21.0. The number of carbonyl (C=O) groups excluding carboxylic acids is 1. The number of rotatable bonds is 10. The summed E-state index contributed by atoms with van der Waals surface area (Å²) in [5.74, 6) is 1.60. The van der Waals surface area contributed by atoms with Gasteiger partial charge in [-0.1, -0.05) is 50.3 Å². The van der Waals surface area contributed by atoms with E-state index in [4.69, 9.17) is 4.74 Å². The minimum absolute atomic E-state index is 0.220. The predicted octanol–water partition coefficient (Wildman–Crippen LogP) is 6.34. The number of Topliss-reactive ketones (excluding diaryl/α,β-unsaturated/α-hetero) is 1. The number of carbonyl (C=O) groups is 1. The Kier molecular flexibility index (Phi) is 7.27. The van der Waals surface area contributed by atoms with Crippen LogP contribution in [0, 0.1) is 5.92 Å². The van der Waals surface area contributed by atoms with Gasteiger partial charge in [-0.3, -0.25) is 9.78 Å². The van der Waals surface area contributed by atoms with Crippen LogP contribution in [0.2, 0.25) is 0 Å². The van der Waals surface area contributed by atoms with Gasteiger partial charge in [0.1, 0.15) is 6.61 Å². The molecule has 0 amide bonds. The number of pyridine rings is 2. The zero-order valence-corrected chi connectivity index (χ0v) is 17.8. The van der Waals surface area contributed by atoms with E-state index in [2.05, 4.69) is 15.3 Å². The average molecular weight is 416 g/mol. The fourth-order valence-electron chi connectivity index (χ4n) is 4.10. The fourth-order valence-corrected chi connectivity index (χ4v) is 4.10. The lowest BCUT2D eigenvalue weighted by Gasteiger charge is -2.10. The Labute approximate surface area is 183 Å². The van der Waals surface area contributed by atoms with Gasteiger partial charge >= 0.3 is 0 Å². The molecule has 1 saturated carbocycles. The smallest absolute Gasteiger partial charge is 0.213 e. The summed E-state index contributed by atoms with van der Waals surface area (Å²) >= 11 is 0. The van der Waals surface area contributed by atoms with Crippen molar-refractivity contribution >= 4 is 17.2 Å². The van der Waals surface area contributed by atoms with Gasteiger partial charge in [0.05, 0.1) is 17.6 Å². The van der Waals surface area contributed by atoms with Crippen molar-refractivity contribution in [3.8, 4) is 5.88 Å². The number of ketones is 1. The quantitative estimate of drug-likeness (QED) is 0.391. The van der Waals surface area contributed by atoms with Crippen LogP contribution in [0.4, 0.5) is 11.4 Å². The second kappa shape index (κ2) is 10.7. The highest BCUT2D eigenvalue weighted by atomic mass is 16.5. The summed E-state index contributed by atoms with van der Waals surface area (Å²) < 4.78 is 5.68. The predicted molar refractivity (Wildman–Crippen MR) is 123 cm³/mol. The summed E-state index contributed by atoms with van der Waals surface area (Å²) in [6.45, 7) is 0.380. The summed E-state index contributed by atoms with van der Waals surface area (Å²) in [6, 6.07) is 17.2. The van der Waals surface area contributed by atoms with E-state index in [0.717, 1.165) is 35.0 Å². The van der Waals surface area contributed by atoms with E-state index >= 15 is 0 Å². The molecule has 0 saturated heterocycles. The molecule has 4 rings (SSSR count). The van der Waals surface area contributed by atoms with Crippen LogP contribution in [0.15, 0.2) is 67.0 Å². The molecule has 0 radical (unpaired) electrons. The van der Waals surface area contributed by atoms with E-state index in [1.165, 1.54) is 32.1 Å². The number of nitrogens with one attached hydrogen (secondary N) is 1. The SMILES string of the molecule is O=C(CCCC1CCCC1)c1cccc(Nc2ccc(OCc3ccccn3)nc2)c1. The lowest BCUT2D eigenvalue weighted by atomic mass is 9.98. The number of ether oxygens (including phenoxy) is 1. The van der Waals surface area contributed by atoms with Gasteiger partial charge in [0, 0.05) is 29.9 Å². The third-order valence-electron chi connectivity index (χ3n) is 5.79. The highest BCUT2D eigenvalue weighted by Crippen LogP contribution is 2.29. The number of hydrogen-bond donors (Lipinski definition) is 1. The summed E-state index contributed by atoms with van der Waals surface area (Å²) in [4.78, 5) is 21.2. The van der Waals surface area contributed by atoms with Crippen molar-refractivity contribution in [2.45, 2.75) is 51.6 Å². The van der Waals surface area contributed by atoms with E-state index in [1.807, 2.05) is 54.6 Å². The molecule has 1 aromatic carbocycles. The molecule has 5 nitrogen and oxygen atoms in total. The third kappa shape index (κ3) is 6.38. The van der Waals surface area contributed by atoms with Crippen molar-refractivity contribution in [3.63, 3.8) is 0 Å². The van der Waals surface area contributed by atoms with Crippen molar-refractivity contribution in [2.75, 3.05) is 5.32 Å².